The van der Waals surface area contributed by atoms with E-state index in [2.05, 4.69) is 4.98 Å². The first kappa shape index (κ1) is 21.2. The Balaban J connectivity index is 2.15. The molecule has 1 heterocycles. The van der Waals surface area contributed by atoms with Gasteiger partial charge < -0.3 is 0 Å². The average molecular weight is 436 g/mol. The van der Waals surface area contributed by atoms with Gasteiger partial charge in [0.25, 0.3) is 5.56 Å². The minimum Gasteiger partial charge on any atom is -0.268 e. The monoisotopic (exact) mass is 436 g/mol. The maximum absolute atomic E-state index is 14.4. The highest BCUT2D eigenvalue weighted by molar-refractivity contribution is 7.99. The highest BCUT2D eigenvalue weighted by Crippen LogP contribution is 2.32. The van der Waals surface area contributed by atoms with Gasteiger partial charge in [0, 0.05) is 4.90 Å². The van der Waals surface area contributed by atoms with Crippen molar-refractivity contribution in [2.45, 2.75) is 24.2 Å². The summed E-state index contributed by atoms with van der Waals surface area (Å²) in [5, 5.41) is -0.396. The van der Waals surface area contributed by atoms with Crippen LogP contribution in [0.4, 0.5) is 30.7 Å². The Morgan fingerprint density at radius 1 is 1.07 bits per heavy atom. The molecule has 0 N–H and O–H groups in total. The van der Waals surface area contributed by atoms with Gasteiger partial charge in [0.2, 0.25) is 0 Å². The molecule has 29 heavy (non-hydrogen) atoms. The maximum Gasteiger partial charge on any atom is 0.416 e. The van der Waals surface area contributed by atoms with Crippen LogP contribution < -0.4 is 5.56 Å². The average Bonchev–Trinajstić information content (AvgIpc) is 2.60. The van der Waals surface area contributed by atoms with Crippen molar-refractivity contribution < 1.29 is 30.7 Å². The lowest BCUT2D eigenvalue weighted by Crippen LogP contribution is -2.21. The number of thioether (sulfide) groups is 1. The van der Waals surface area contributed by atoms with Crippen LogP contribution in [0.5, 0.6) is 0 Å². The molecule has 0 aliphatic heterocycles. The topological polar surface area (TPSA) is 34.9 Å². The highest BCUT2D eigenvalue weighted by Gasteiger charge is 2.31. The molecule has 0 atom stereocenters. The smallest absolute Gasteiger partial charge is 0.268 e. The van der Waals surface area contributed by atoms with Gasteiger partial charge in [-0.25, -0.2) is 9.37 Å². The third-order valence-electron chi connectivity index (χ3n) is 3.98. The molecule has 0 radical (unpaired) electrons. The van der Waals surface area contributed by atoms with Crippen LogP contribution >= 0.6 is 11.8 Å². The predicted molar refractivity (Wildman–Crippen MR) is 93.8 cm³/mol. The first-order valence-corrected chi connectivity index (χ1v) is 8.94. The van der Waals surface area contributed by atoms with Gasteiger partial charge in [0.1, 0.15) is 12.1 Å². The Labute approximate surface area is 163 Å². The first-order chi connectivity index (χ1) is 13.4. The van der Waals surface area contributed by atoms with Crippen molar-refractivity contribution in [1.29, 1.82) is 0 Å². The number of aryl methyl sites for hydroxylation is 1. The van der Waals surface area contributed by atoms with Crippen molar-refractivity contribution in [3.05, 3.63) is 64.0 Å². The molecule has 0 aliphatic rings. The van der Waals surface area contributed by atoms with E-state index < -0.39 is 46.1 Å². The summed E-state index contributed by atoms with van der Waals surface area (Å²) in [5.74, 6) is -2.15. The van der Waals surface area contributed by atoms with Gasteiger partial charge in [0.15, 0.2) is 0 Å². The van der Waals surface area contributed by atoms with Gasteiger partial charge in [-0.1, -0.05) is 0 Å². The Morgan fingerprint density at radius 3 is 2.38 bits per heavy atom. The molecule has 3 rings (SSSR count). The predicted octanol–water partition coefficient (Wildman–Crippen LogP) is 5.51. The molecule has 0 spiro atoms. The lowest BCUT2D eigenvalue weighted by Gasteiger charge is -2.13. The third kappa shape index (κ3) is 4.55. The number of rotatable bonds is 3. The Bertz CT molecular complexity index is 1140. The van der Waals surface area contributed by atoms with Crippen LogP contribution in [0.25, 0.3) is 16.6 Å². The van der Waals surface area contributed by atoms with E-state index in [0.717, 1.165) is 30.6 Å². The highest BCUT2D eigenvalue weighted by atomic mass is 32.2. The van der Waals surface area contributed by atoms with E-state index in [1.165, 1.54) is 6.92 Å². The number of nitrogens with zero attached hydrogens (tertiary/aromatic N) is 2. The van der Waals surface area contributed by atoms with Crippen molar-refractivity contribution in [2.24, 2.45) is 0 Å². The number of halogens is 7. The zero-order valence-corrected chi connectivity index (χ0v) is 15.3. The normalized spacial score (nSPS) is 12.6. The van der Waals surface area contributed by atoms with E-state index in [9.17, 15) is 35.5 Å². The molecule has 154 valence electrons. The van der Waals surface area contributed by atoms with Crippen molar-refractivity contribution >= 4 is 22.7 Å². The molecule has 0 unspecified atom stereocenters. The number of hydrogen-bond acceptors (Lipinski definition) is 3. The van der Waals surface area contributed by atoms with Gasteiger partial charge in [-0.3, -0.25) is 9.36 Å². The summed E-state index contributed by atoms with van der Waals surface area (Å²) in [4.78, 5) is 16.6. The fourth-order valence-corrected chi connectivity index (χ4v) is 3.41. The van der Waals surface area contributed by atoms with Crippen molar-refractivity contribution in [3.63, 3.8) is 0 Å². The second-order valence-electron chi connectivity index (χ2n) is 6.12. The van der Waals surface area contributed by atoms with E-state index in [4.69, 9.17) is 0 Å². The molecule has 11 heteroatoms. The fourth-order valence-electron chi connectivity index (χ4n) is 2.61. The van der Waals surface area contributed by atoms with Crippen molar-refractivity contribution in [3.8, 4) is 5.69 Å². The quantitative estimate of drug-likeness (QED) is 0.401. The molecule has 0 amide bonds. The van der Waals surface area contributed by atoms with Crippen LogP contribution in [0.3, 0.4) is 0 Å². The van der Waals surface area contributed by atoms with Crippen LogP contribution in [-0.2, 0) is 6.18 Å². The molecule has 0 bridgehead atoms. The lowest BCUT2D eigenvalue weighted by molar-refractivity contribution is -0.137. The van der Waals surface area contributed by atoms with E-state index in [1.54, 1.807) is 0 Å². The van der Waals surface area contributed by atoms with Gasteiger partial charge in [-0.2, -0.15) is 26.3 Å². The Kier molecular flexibility index (Phi) is 5.37. The van der Waals surface area contributed by atoms with E-state index >= 15 is 0 Å². The van der Waals surface area contributed by atoms with Gasteiger partial charge in [0.05, 0.1) is 27.9 Å². The Morgan fingerprint density at radius 2 is 1.76 bits per heavy atom. The largest absolute Gasteiger partial charge is 0.416 e. The first-order valence-electron chi connectivity index (χ1n) is 7.95. The zero-order valence-electron chi connectivity index (χ0n) is 14.5. The van der Waals surface area contributed by atoms with Gasteiger partial charge in [-0.15, -0.1) is 11.8 Å². The van der Waals surface area contributed by atoms with Crippen LogP contribution in [0.1, 0.15) is 11.1 Å². The minimum absolute atomic E-state index is 0.0292. The summed E-state index contributed by atoms with van der Waals surface area (Å²) < 4.78 is 91.4. The van der Waals surface area contributed by atoms with E-state index in [0.29, 0.717) is 22.4 Å². The standard InChI is InChI=1S/C18H11F7N2OS/c1-9-4-12(19)14(6-15(9)29-7-17(20,21)22)27-8-26-13-3-2-10(18(23,24)25)5-11(13)16(27)28/h2-6,8H,7H2,1H3. The minimum atomic E-state index is -4.70. The second-order valence-corrected chi connectivity index (χ2v) is 7.14. The van der Waals surface area contributed by atoms with Crippen LogP contribution in [0.15, 0.2) is 46.3 Å². The summed E-state index contributed by atoms with van der Waals surface area (Å²) in [6.45, 7) is 1.41. The molecule has 1 aromatic heterocycles. The van der Waals surface area contributed by atoms with Crippen LogP contribution in [-0.4, -0.2) is 21.5 Å². The number of hydrogen-bond donors (Lipinski definition) is 0. The number of benzene rings is 2. The number of alkyl halides is 6. The van der Waals surface area contributed by atoms with Crippen LogP contribution in [0.2, 0.25) is 0 Å². The molecular weight excluding hydrogens is 425 g/mol. The molecule has 0 saturated heterocycles. The SMILES string of the molecule is Cc1cc(F)c(-n2cnc3ccc(C(F)(F)F)cc3c2=O)cc1SCC(F)(F)F. The maximum atomic E-state index is 14.4. The third-order valence-corrected chi connectivity index (χ3v) is 5.20. The summed E-state index contributed by atoms with van der Waals surface area (Å²) >= 11 is 0.411. The molecular formula is C18H11F7N2OS. The number of fused-ring (bicyclic) bond motifs is 1. The summed E-state index contributed by atoms with van der Waals surface area (Å²) in [6.07, 6.45) is -8.23. The van der Waals surface area contributed by atoms with Gasteiger partial charge in [-0.05, 0) is 42.8 Å². The van der Waals surface area contributed by atoms with E-state index in [-0.39, 0.29) is 16.0 Å². The molecule has 0 saturated carbocycles. The van der Waals surface area contributed by atoms with Gasteiger partial charge >= 0.3 is 12.4 Å². The summed E-state index contributed by atoms with van der Waals surface area (Å²) in [7, 11) is 0. The molecule has 0 fully saturated rings. The Hall–Kier alpha value is -2.56. The number of aromatic nitrogens is 2. The van der Waals surface area contributed by atoms with Crippen LogP contribution in [0, 0.1) is 12.7 Å². The zero-order chi connectivity index (χ0) is 21.6. The fraction of sp³-hybridized carbons (Fsp3) is 0.222. The summed E-state index contributed by atoms with van der Waals surface area (Å²) in [5.41, 5.74) is -2.26. The molecule has 3 nitrogen and oxygen atoms in total. The lowest BCUT2D eigenvalue weighted by atomic mass is 10.1. The molecule has 3 aromatic rings. The summed E-state index contributed by atoms with van der Waals surface area (Å²) in [6, 6.07) is 4.38. The molecule has 0 aliphatic carbocycles. The molecule has 2 aromatic carbocycles. The van der Waals surface area contributed by atoms with E-state index in [1.807, 2.05) is 0 Å². The second kappa shape index (κ2) is 7.36. The van der Waals surface area contributed by atoms with Crippen molar-refractivity contribution in [1.82, 2.24) is 9.55 Å². The van der Waals surface area contributed by atoms with Crippen molar-refractivity contribution in [2.75, 3.05) is 5.75 Å².